The molecule has 1 aliphatic rings. The third kappa shape index (κ3) is 6.11. The van der Waals surface area contributed by atoms with Crippen LogP contribution in [0.1, 0.15) is 39.0 Å². The first-order chi connectivity index (χ1) is 9.56. The van der Waals surface area contributed by atoms with E-state index in [1.807, 2.05) is 0 Å². The lowest BCUT2D eigenvalue weighted by Crippen LogP contribution is -2.34. The molecule has 0 heterocycles. The number of rotatable bonds is 7. The van der Waals surface area contributed by atoms with Crippen LogP contribution < -0.4 is 5.73 Å². The van der Waals surface area contributed by atoms with E-state index in [9.17, 15) is 10.0 Å². The molecule has 0 radical (unpaired) electrons. The van der Waals surface area contributed by atoms with Crippen LogP contribution in [0.15, 0.2) is 0 Å². The van der Waals surface area contributed by atoms with Crippen LogP contribution in [0, 0.1) is 12.3 Å². The Morgan fingerprint density at radius 3 is 3.00 bits per heavy atom. The molecule has 0 amide bonds. The summed E-state index contributed by atoms with van der Waals surface area (Å²) in [5.74, 6) is 1.83. The van der Waals surface area contributed by atoms with E-state index in [2.05, 4.69) is 5.92 Å². The highest BCUT2D eigenvalue weighted by atomic mass is 32.2. The van der Waals surface area contributed by atoms with Crippen LogP contribution in [0.3, 0.4) is 0 Å². The van der Waals surface area contributed by atoms with Gasteiger partial charge >= 0.3 is 5.97 Å². The standard InChI is InChI=1S/C13H22N2O4S/c1-3-11(9-13(16)18-4-2)15(17)19-20-12-7-5-6-10(14)8-12/h1,10-12,17H,4-9,14H2,2H3. The number of carbonyl (C=O) groups is 1. The minimum absolute atomic E-state index is 0.119. The maximum Gasteiger partial charge on any atom is 0.308 e. The molecule has 0 aromatic rings. The van der Waals surface area contributed by atoms with Crippen molar-refractivity contribution >= 4 is 18.0 Å². The van der Waals surface area contributed by atoms with Gasteiger partial charge in [-0.05, 0) is 31.4 Å². The number of carbonyl (C=O) groups excluding carboxylic acids is 1. The van der Waals surface area contributed by atoms with Gasteiger partial charge < -0.3 is 10.5 Å². The average Bonchev–Trinajstić information content (AvgIpc) is 2.42. The van der Waals surface area contributed by atoms with Gasteiger partial charge in [-0.25, -0.2) is 4.28 Å². The van der Waals surface area contributed by atoms with Crippen LogP contribution in [0.4, 0.5) is 0 Å². The zero-order valence-corrected chi connectivity index (χ0v) is 12.5. The molecular formula is C13H22N2O4S. The largest absolute Gasteiger partial charge is 0.466 e. The van der Waals surface area contributed by atoms with Crippen LogP contribution in [-0.2, 0) is 13.8 Å². The topological polar surface area (TPSA) is 85.0 Å². The van der Waals surface area contributed by atoms with Gasteiger partial charge in [0.15, 0.2) is 0 Å². The van der Waals surface area contributed by atoms with E-state index in [1.165, 1.54) is 0 Å². The lowest BCUT2D eigenvalue weighted by Gasteiger charge is -2.27. The monoisotopic (exact) mass is 302 g/mol. The number of nitrogens with zero attached hydrogens (tertiary/aromatic N) is 1. The molecule has 0 aliphatic heterocycles. The number of ether oxygens (including phenoxy) is 1. The molecule has 20 heavy (non-hydrogen) atoms. The molecule has 0 bridgehead atoms. The van der Waals surface area contributed by atoms with Crippen LogP contribution >= 0.6 is 12.0 Å². The van der Waals surface area contributed by atoms with Gasteiger partial charge in [-0.1, -0.05) is 12.3 Å². The van der Waals surface area contributed by atoms with Crippen LogP contribution in [0.5, 0.6) is 0 Å². The van der Waals surface area contributed by atoms with E-state index in [0.717, 1.165) is 37.7 Å². The minimum atomic E-state index is -0.862. The van der Waals surface area contributed by atoms with E-state index in [1.54, 1.807) is 6.92 Å². The van der Waals surface area contributed by atoms with Gasteiger partial charge in [0.25, 0.3) is 0 Å². The summed E-state index contributed by atoms with van der Waals surface area (Å²) in [5, 5.41) is 10.5. The third-order valence-corrected chi connectivity index (χ3v) is 3.99. The van der Waals surface area contributed by atoms with Crippen molar-refractivity contribution < 1.29 is 19.0 Å². The van der Waals surface area contributed by atoms with E-state index in [-0.39, 0.29) is 24.3 Å². The average molecular weight is 302 g/mol. The fourth-order valence-corrected chi connectivity index (χ4v) is 2.91. The van der Waals surface area contributed by atoms with Gasteiger partial charge in [0.2, 0.25) is 0 Å². The number of esters is 1. The summed E-state index contributed by atoms with van der Waals surface area (Å²) in [6.45, 7) is 1.98. The fourth-order valence-electron chi connectivity index (χ4n) is 2.00. The summed E-state index contributed by atoms with van der Waals surface area (Å²) >= 11 is 1.14. The van der Waals surface area contributed by atoms with E-state index in [0.29, 0.717) is 5.23 Å². The lowest BCUT2D eigenvalue weighted by molar-refractivity contribution is -0.289. The number of nitrogens with two attached hydrogens (primary N) is 1. The van der Waals surface area contributed by atoms with Crippen molar-refractivity contribution in [1.82, 2.24) is 5.23 Å². The summed E-state index contributed by atoms with van der Waals surface area (Å²) in [7, 11) is 0. The Bertz CT molecular complexity index is 348. The van der Waals surface area contributed by atoms with Crippen LogP contribution in [0.2, 0.25) is 0 Å². The summed E-state index contributed by atoms with van der Waals surface area (Å²) < 4.78 is 9.94. The predicted octanol–water partition coefficient (Wildman–Crippen LogP) is 1.48. The molecule has 3 N–H and O–H groups in total. The molecule has 1 fully saturated rings. The van der Waals surface area contributed by atoms with Crippen LogP contribution in [0.25, 0.3) is 0 Å². The molecule has 0 saturated heterocycles. The second-order valence-electron chi connectivity index (χ2n) is 4.71. The highest BCUT2D eigenvalue weighted by molar-refractivity contribution is 7.95. The summed E-state index contributed by atoms with van der Waals surface area (Å²) in [6, 6.07) is -0.682. The molecule has 6 nitrogen and oxygen atoms in total. The third-order valence-electron chi connectivity index (χ3n) is 3.05. The van der Waals surface area contributed by atoms with Crippen molar-refractivity contribution in [3.8, 4) is 12.3 Å². The number of hydrogen-bond donors (Lipinski definition) is 2. The second-order valence-corrected chi connectivity index (χ2v) is 5.72. The molecule has 114 valence electrons. The smallest absolute Gasteiger partial charge is 0.308 e. The van der Waals surface area contributed by atoms with Gasteiger partial charge in [-0.2, -0.15) is 0 Å². The molecule has 3 atom stereocenters. The molecule has 0 aromatic heterocycles. The first kappa shape index (κ1) is 17.3. The van der Waals surface area contributed by atoms with Crippen LogP contribution in [-0.4, -0.2) is 40.3 Å². The summed E-state index contributed by atoms with van der Waals surface area (Å²) in [4.78, 5) is 11.3. The normalized spacial score (nSPS) is 24.1. The van der Waals surface area contributed by atoms with Crippen molar-refractivity contribution in [3.05, 3.63) is 0 Å². The molecule has 3 unspecified atom stereocenters. The Hall–Kier alpha value is -0.780. The lowest BCUT2D eigenvalue weighted by atomic mass is 9.96. The van der Waals surface area contributed by atoms with Crippen molar-refractivity contribution in [3.63, 3.8) is 0 Å². The van der Waals surface area contributed by atoms with Gasteiger partial charge in [0.1, 0.15) is 6.04 Å². The maximum absolute atomic E-state index is 11.3. The Morgan fingerprint density at radius 2 is 2.40 bits per heavy atom. The highest BCUT2D eigenvalue weighted by Gasteiger charge is 2.24. The second kappa shape index (κ2) is 9.21. The zero-order valence-electron chi connectivity index (χ0n) is 11.7. The fraction of sp³-hybridized carbons (Fsp3) is 0.769. The molecule has 0 aromatic carbocycles. The summed E-state index contributed by atoms with van der Waals surface area (Å²) in [5.41, 5.74) is 5.88. The predicted molar refractivity (Wildman–Crippen MR) is 76.4 cm³/mol. The Morgan fingerprint density at radius 1 is 1.65 bits per heavy atom. The van der Waals surface area contributed by atoms with Crippen molar-refractivity contribution in [2.45, 2.75) is 56.4 Å². The zero-order chi connectivity index (χ0) is 15.0. The molecule has 7 heteroatoms. The Balaban J connectivity index is 2.33. The van der Waals surface area contributed by atoms with Gasteiger partial charge in [0.05, 0.1) is 13.0 Å². The van der Waals surface area contributed by atoms with Gasteiger partial charge in [-0.15, -0.1) is 6.42 Å². The maximum atomic E-state index is 11.3. The Labute approximate surface area is 124 Å². The first-order valence-corrected chi connectivity index (χ1v) is 7.56. The van der Waals surface area contributed by atoms with Gasteiger partial charge in [0, 0.05) is 23.3 Å². The van der Waals surface area contributed by atoms with Crippen molar-refractivity contribution in [2.75, 3.05) is 6.61 Å². The molecule has 0 spiro atoms. The minimum Gasteiger partial charge on any atom is -0.466 e. The Kier molecular flexibility index (Phi) is 7.95. The number of hydroxylamine groups is 2. The summed E-state index contributed by atoms with van der Waals surface area (Å²) in [6.07, 6.45) is 9.07. The van der Waals surface area contributed by atoms with Gasteiger partial charge in [-0.3, -0.25) is 10.0 Å². The number of terminal acetylenes is 1. The van der Waals surface area contributed by atoms with Crippen molar-refractivity contribution in [2.24, 2.45) is 5.73 Å². The molecule has 1 aliphatic carbocycles. The van der Waals surface area contributed by atoms with E-state index < -0.39 is 12.0 Å². The quantitative estimate of drug-likeness (QED) is 0.319. The van der Waals surface area contributed by atoms with Crippen molar-refractivity contribution in [1.29, 1.82) is 0 Å². The molecule has 1 rings (SSSR count). The molecular weight excluding hydrogens is 280 g/mol. The first-order valence-electron chi connectivity index (χ1n) is 6.75. The number of hydrogen-bond acceptors (Lipinski definition) is 7. The molecule has 1 saturated carbocycles. The highest BCUT2D eigenvalue weighted by Crippen LogP contribution is 2.29. The van der Waals surface area contributed by atoms with E-state index >= 15 is 0 Å². The van der Waals surface area contributed by atoms with E-state index in [4.69, 9.17) is 21.2 Å². The SMILES string of the molecule is C#CC(CC(=O)OCC)N(O)OSC1CCCC(N)C1.